The number of aromatic nitrogens is 1. The van der Waals surface area contributed by atoms with Gasteiger partial charge in [-0.1, -0.05) is 0 Å². The third-order valence-corrected chi connectivity index (χ3v) is 3.19. The van der Waals surface area contributed by atoms with Gasteiger partial charge < -0.3 is 4.74 Å². The van der Waals surface area contributed by atoms with Crippen molar-refractivity contribution < 1.29 is 19.1 Å². The van der Waals surface area contributed by atoms with Crippen LogP contribution in [0.25, 0.3) is 0 Å². The fraction of sp³-hybridized carbons (Fsp3) is 0.333. The summed E-state index contributed by atoms with van der Waals surface area (Å²) in [5.41, 5.74) is 0.518. The van der Waals surface area contributed by atoms with Crippen molar-refractivity contribution in [3.63, 3.8) is 0 Å². The summed E-state index contributed by atoms with van der Waals surface area (Å²) >= 11 is 1.19. The predicted molar refractivity (Wildman–Crippen MR) is 73.9 cm³/mol. The molecule has 1 N–H and O–H groups in total. The third-order valence-electron chi connectivity index (χ3n) is 2.38. The average Bonchev–Trinajstić information content (AvgIpc) is 2.86. The molecule has 2 amide bonds. The van der Waals surface area contributed by atoms with Crippen LogP contribution in [-0.2, 0) is 25.5 Å². The number of ether oxygens (including phenoxy) is 1. The number of amides is 2. The lowest BCUT2D eigenvalue weighted by Crippen LogP contribution is -2.25. The number of rotatable bonds is 5. The average molecular weight is 308 g/mol. The Morgan fingerprint density at radius 2 is 2.29 bits per heavy atom. The van der Waals surface area contributed by atoms with E-state index in [9.17, 15) is 14.4 Å². The Labute approximate surface area is 123 Å². The molecule has 0 saturated carbocycles. The van der Waals surface area contributed by atoms with Gasteiger partial charge in [-0.3, -0.25) is 19.7 Å². The molecule has 0 bridgehead atoms. The minimum atomic E-state index is -0.847. The van der Waals surface area contributed by atoms with E-state index in [1.54, 1.807) is 12.3 Å². The van der Waals surface area contributed by atoms with Gasteiger partial charge in [0, 0.05) is 11.5 Å². The summed E-state index contributed by atoms with van der Waals surface area (Å²) in [7, 11) is 0. The van der Waals surface area contributed by atoms with Gasteiger partial charge in [-0.25, -0.2) is 4.98 Å². The summed E-state index contributed by atoms with van der Waals surface area (Å²) in [6.45, 7) is 2.03. The first-order valence-electron chi connectivity index (χ1n) is 6.12. The molecule has 8 nitrogen and oxygen atoms in total. The van der Waals surface area contributed by atoms with Gasteiger partial charge in [0.05, 0.1) is 18.7 Å². The van der Waals surface area contributed by atoms with E-state index in [2.05, 4.69) is 20.5 Å². The SMILES string of the molecule is CCOC(=O)Cc1csc(NC(=O)C2C=CC(=O)N=N2)n1. The zero-order valence-electron chi connectivity index (χ0n) is 11.1. The molecule has 2 rings (SSSR count). The van der Waals surface area contributed by atoms with Gasteiger partial charge in [0.25, 0.3) is 11.8 Å². The lowest BCUT2D eigenvalue weighted by Gasteiger charge is -2.07. The van der Waals surface area contributed by atoms with E-state index in [1.165, 1.54) is 23.5 Å². The monoisotopic (exact) mass is 308 g/mol. The van der Waals surface area contributed by atoms with Gasteiger partial charge in [-0.2, -0.15) is 5.11 Å². The molecule has 0 saturated heterocycles. The van der Waals surface area contributed by atoms with Gasteiger partial charge in [0.1, 0.15) is 0 Å². The van der Waals surface area contributed by atoms with Crippen molar-refractivity contribution in [3.05, 3.63) is 23.2 Å². The molecule has 0 radical (unpaired) electrons. The number of anilines is 1. The summed E-state index contributed by atoms with van der Waals surface area (Å²) < 4.78 is 4.81. The molecular weight excluding hydrogens is 296 g/mol. The number of thiazole rings is 1. The number of nitrogens with one attached hydrogen (secondary N) is 1. The molecule has 110 valence electrons. The minimum absolute atomic E-state index is 0.0533. The number of esters is 1. The molecule has 2 heterocycles. The highest BCUT2D eigenvalue weighted by Crippen LogP contribution is 2.17. The van der Waals surface area contributed by atoms with E-state index in [1.807, 2.05) is 0 Å². The maximum atomic E-state index is 11.9. The van der Waals surface area contributed by atoms with Crippen LogP contribution in [0.15, 0.2) is 27.8 Å². The zero-order chi connectivity index (χ0) is 15.2. The molecule has 1 aromatic rings. The standard InChI is InChI=1S/C12H12N4O4S/c1-2-20-10(18)5-7-6-21-12(13-7)14-11(19)8-3-4-9(17)16-15-8/h3-4,6,8H,2,5H2,1H3,(H,13,14,19). The summed E-state index contributed by atoms with van der Waals surface area (Å²) in [6.07, 6.45) is 2.60. The second kappa shape index (κ2) is 6.84. The van der Waals surface area contributed by atoms with Crippen molar-refractivity contribution >= 4 is 34.3 Å². The van der Waals surface area contributed by atoms with Crippen LogP contribution in [0.4, 0.5) is 5.13 Å². The summed E-state index contributed by atoms with van der Waals surface area (Å²) in [5, 5.41) is 11.4. The second-order valence-electron chi connectivity index (χ2n) is 3.97. The Hall–Kier alpha value is -2.42. The van der Waals surface area contributed by atoms with Gasteiger partial charge in [-0.05, 0) is 13.0 Å². The number of carbonyl (C=O) groups excluding carboxylic acids is 3. The van der Waals surface area contributed by atoms with Crippen LogP contribution >= 0.6 is 11.3 Å². The molecule has 1 aromatic heterocycles. The Kier molecular flexibility index (Phi) is 4.88. The Morgan fingerprint density at radius 1 is 1.48 bits per heavy atom. The normalized spacial score (nSPS) is 16.8. The van der Waals surface area contributed by atoms with E-state index in [0.29, 0.717) is 17.4 Å². The van der Waals surface area contributed by atoms with Crippen LogP contribution < -0.4 is 5.32 Å². The lowest BCUT2D eigenvalue weighted by atomic mass is 10.2. The first-order chi connectivity index (χ1) is 10.1. The quantitative estimate of drug-likeness (QED) is 0.819. The van der Waals surface area contributed by atoms with Crippen LogP contribution in [0, 0.1) is 0 Å². The number of hydrogen-bond donors (Lipinski definition) is 1. The Balaban J connectivity index is 1.92. The Bertz CT molecular complexity index is 607. The van der Waals surface area contributed by atoms with Crippen LogP contribution in [0.3, 0.4) is 0 Å². The predicted octanol–water partition coefficient (Wildman–Crippen LogP) is 1.10. The molecule has 0 aromatic carbocycles. The Morgan fingerprint density at radius 3 is 2.95 bits per heavy atom. The van der Waals surface area contributed by atoms with Gasteiger partial charge >= 0.3 is 5.97 Å². The van der Waals surface area contributed by atoms with E-state index in [-0.39, 0.29) is 12.4 Å². The first-order valence-corrected chi connectivity index (χ1v) is 7.00. The van der Waals surface area contributed by atoms with Gasteiger partial charge in [-0.15, -0.1) is 16.5 Å². The highest BCUT2D eigenvalue weighted by atomic mass is 32.1. The van der Waals surface area contributed by atoms with E-state index < -0.39 is 17.9 Å². The van der Waals surface area contributed by atoms with Gasteiger partial charge in [0.15, 0.2) is 11.2 Å². The molecule has 0 spiro atoms. The van der Waals surface area contributed by atoms with Crippen molar-refractivity contribution in [2.24, 2.45) is 10.2 Å². The molecule has 1 aliphatic heterocycles. The summed E-state index contributed by atoms with van der Waals surface area (Å²) in [4.78, 5) is 38.1. The molecular formula is C12H12N4O4S. The van der Waals surface area contributed by atoms with Crippen LogP contribution in [-0.4, -0.2) is 35.4 Å². The number of nitrogens with zero attached hydrogens (tertiary/aromatic N) is 3. The molecule has 1 atom stereocenters. The van der Waals surface area contributed by atoms with Crippen molar-refractivity contribution in [3.8, 4) is 0 Å². The molecule has 9 heteroatoms. The highest BCUT2D eigenvalue weighted by molar-refractivity contribution is 7.13. The molecule has 1 aliphatic rings. The molecule has 0 fully saturated rings. The van der Waals surface area contributed by atoms with Crippen LogP contribution in [0.1, 0.15) is 12.6 Å². The molecule has 21 heavy (non-hydrogen) atoms. The first kappa shape index (κ1) is 15.0. The largest absolute Gasteiger partial charge is 0.466 e. The van der Waals surface area contributed by atoms with Crippen molar-refractivity contribution in [2.45, 2.75) is 19.4 Å². The molecule has 1 unspecified atom stereocenters. The third kappa shape index (κ3) is 4.28. The fourth-order valence-electron chi connectivity index (χ4n) is 1.49. The maximum Gasteiger partial charge on any atom is 0.311 e. The van der Waals surface area contributed by atoms with E-state index in [4.69, 9.17) is 4.74 Å². The second-order valence-corrected chi connectivity index (χ2v) is 4.83. The van der Waals surface area contributed by atoms with Crippen molar-refractivity contribution in [1.29, 1.82) is 0 Å². The zero-order valence-corrected chi connectivity index (χ0v) is 11.9. The van der Waals surface area contributed by atoms with E-state index >= 15 is 0 Å². The smallest absolute Gasteiger partial charge is 0.311 e. The maximum absolute atomic E-state index is 11.9. The van der Waals surface area contributed by atoms with Crippen LogP contribution in [0.5, 0.6) is 0 Å². The summed E-state index contributed by atoms with van der Waals surface area (Å²) in [5.74, 6) is -1.31. The lowest BCUT2D eigenvalue weighted by molar-refractivity contribution is -0.142. The topological polar surface area (TPSA) is 110 Å². The summed E-state index contributed by atoms with van der Waals surface area (Å²) in [6, 6.07) is -0.847. The van der Waals surface area contributed by atoms with Crippen molar-refractivity contribution in [2.75, 3.05) is 11.9 Å². The van der Waals surface area contributed by atoms with Crippen molar-refractivity contribution in [1.82, 2.24) is 4.98 Å². The highest BCUT2D eigenvalue weighted by Gasteiger charge is 2.19. The van der Waals surface area contributed by atoms with E-state index in [0.717, 1.165) is 0 Å². The fourth-order valence-corrected chi connectivity index (χ4v) is 2.20. The number of azo groups is 1. The number of hydrogen-bond acceptors (Lipinski definition) is 7. The number of carbonyl (C=O) groups is 3. The van der Waals surface area contributed by atoms with Gasteiger partial charge in [0.2, 0.25) is 0 Å². The van der Waals surface area contributed by atoms with Crippen LogP contribution in [0.2, 0.25) is 0 Å². The molecule has 0 aliphatic carbocycles. The minimum Gasteiger partial charge on any atom is -0.466 e.